The molecule has 1 aliphatic heterocycles. The van der Waals surface area contributed by atoms with Crippen molar-refractivity contribution in [3.05, 3.63) is 35.4 Å². The van der Waals surface area contributed by atoms with Crippen molar-refractivity contribution in [3.63, 3.8) is 0 Å². The van der Waals surface area contributed by atoms with Crippen LogP contribution in [0.2, 0.25) is 0 Å². The maximum atomic E-state index is 12.7. The lowest BCUT2D eigenvalue weighted by Crippen LogP contribution is -2.41. The van der Waals surface area contributed by atoms with Gasteiger partial charge in [-0.1, -0.05) is 24.3 Å². The summed E-state index contributed by atoms with van der Waals surface area (Å²) < 4.78 is 0. The molecule has 1 aliphatic carbocycles. The molecular weight excluding hydrogens is 328 g/mol. The second-order valence-corrected chi connectivity index (χ2v) is 7.39. The van der Waals surface area contributed by atoms with Crippen LogP contribution < -0.4 is 5.73 Å². The number of benzene rings is 1. The summed E-state index contributed by atoms with van der Waals surface area (Å²) in [7, 11) is 0. The van der Waals surface area contributed by atoms with Gasteiger partial charge in [-0.25, -0.2) is 0 Å². The largest absolute Gasteiger partial charge is 0.378 e. The van der Waals surface area contributed by atoms with Gasteiger partial charge in [-0.3, -0.25) is 9.59 Å². The van der Waals surface area contributed by atoms with E-state index in [-0.39, 0.29) is 17.7 Å². The molecule has 138 valence electrons. The topological polar surface area (TPSA) is 83.6 Å². The minimum absolute atomic E-state index is 0.0482. The Morgan fingerprint density at radius 1 is 1.15 bits per heavy atom. The number of amides is 2. The number of hydrogen-bond acceptors (Lipinski definition) is 3. The summed E-state index contributed by atoms with van der Waals surface area (Å²) in [5.41, 5.74) is 5.78. The highest BCUT2D eigenvalue weighted by Crippen LogP contribution is 2.27. The molecule has 0 spiro atoms. The average Bonchev–Trinajstić information content (AvgIpc) is 2.67. The molecule has 3 N–H and O–H groups in total. The number of hydrogen-bond donors (Lipinski definition) is 2. The van der Waals surface area contributed by atoms with E-state index in [0.29, 0.717) is 44.3 Å². The van der Waals surface area contributed by atoms with Gasteiger partial charge < -0.3 is 15.7 Å². The van der Waals surface area contributed by atoms with E-state index in [4.69, 9.17) is 5.73 Å². The third kappa shape index (κ3) is 4.44. The number of carbonyl (C=O) groups excluding carboxylic acids is 2. The smallest absolute Gasteiger partial charge is 0.253 e. The van der Waals surface area contributed by atoms with Gasteiger partial charge in [0.25, 0.3) is 5.91 Å². The van der Waals surface area contributed by atoms with Gasteiger partial charge in [-0.2, -0.15) is 0 Å². The minimum atomic E-state index is -0.894. The van der Waals surface area contributed by atoms with Crippen LogP contribution in [-0.4, -0.2) is 40.5 Å². The molecule has 0 unspecified atom stereocenters. The molecule has 3 rings (SSSR count). The third-order valence-electron chi connectivity index (χ3n) is 5.41. The number of likely N-dealkylation sites (tertiary alicyclic amines) is 1. The van der Waals surface area contributed by atoms with E-state index in [1.807, 2.05) is 12.1 Å². The van der Waals surface area contributed by atoms with Crippen molar-refractivity contribution in [2.75, 3.05) is 13.1 Å². The molecule has 5 heteroatoms. The zero-order valence-corrected chi connectivity index (χ0v) is 15.0. The minimum Gasteiger partial charge on any atom is -0.378 e. The highest BCUT2D eigenvalue weighted by atomic mass is 16.3. The number of nitrogens with zero attached hydrogens (tertiary/aromatic N) is 1. The lowest BCUT2D eigenvalue weighted by atomic mass is 9.85. The van der Waals surface area contributed by atoms with Crippen LogP contribution in [-0.2, 0) is 4.79 Å². The molecule has 2 amide bonds. The Bertz CT molecular complexity index is 733. The molecule has 26 heavy (non-hydrogen) atoms. The molecule has 2 fully saturated rings. The first-order valence-electron chi connectivity index (χ1n) is 9.41. The molecule has 2 aliphatic rings. The lowest BCUT2D eigenvalue weighted by molar-refractivity contribution is -0.123. The van der Waals surface area contributed by atoms with Crippen LogP contribution >= 0.6 is 0 Å². The Morgan fingerprint density at radius 3 is 2.50 bits per heavy atom. The first-order chi connectivity index (χ1) is 12.5. The van der Waals surface area contributed by atoms with E-state index < -0.39 is 5.60 Å². The van der Waals surface area contributed by atoms with Crippen LogP contribution in [0.4, 0.5) is 0 Å². The Hall–Kier alpha value is -2.32. The molecule has 0 radical (unpaired) electrons. The lowest BCUT2D eigenvalue weighted by Gasteiger charge is -2.30. The first kappa shape index (κ1) is 18.5. The van der Waals surface area contributed by atoms with Gasteiger partial charge in [0.05, 0.1) is 0 Å². The number of rotatable bonds is 2. The standard InChI is InChI=1S/C21H26N2O3/c22-19(24)17-8-13-23(14-9-17)20(25)18-6-4-5-16(15-18)7-12-21(26)10-2-1-3-11-21/h4-6,15,17,26H,1-3,8-11,13-14H2,(H2,22,24). The van der Waals surface area contributed by atoms with Crippen molar-refractivity contribution in [2.24, 2.45) is 11.7 Å². The van der Waals surface area contributed by atoms with E-state index >= 15 is 0 Å². The Balaban J connectivity index is 1.68. The summed E-state index contributed by atoms with van der Waals surface area (Å²) in [6.07, 6.45) is 5.83. The van der Waals surface area contributed by atoms with E-state index in [2.05, 4.69) is 11.8 Å². The Labute approximate surface area is 154 Å². The van der Waals surface area contributed by atoms with Gasteiger partial charge in [0.2, 0.25) is 5.91 Å². The maximum absolute atomic E-state index is 12.7. The Morgan fingerprint density at radius 2 is 1.85 bits per heavy atom. The molecule has 0 aromatic heterocycles. The van der Waals surface area contributed by atoms with Crippen LogP contribution in [0.3, 0.4) is 0 Å². The summed E-state index contributed by atoms with van der Waals surface area (Å²) >= 11 is 0. The van der Waals surface area contributed by atoms with Crippen molar-refractivity contribution in [2.45, 2.75) is 50.5 Å². The van der Waals surface area contributed by atoms with E-state index in [9.17, 15) is 14.7 Å². The van der Waals surface area contributed by atoms with E-state index in [1.54, 1.807) is 17.0 Å². The normalized spacial score (nSPS) is 20.1. The third-order valence-corrected chi connectivity index (χ3v) is 5.41. The van der Waals surface area contributed by atoms with Crippen LogP contribution in [0.1, 0.15) is 60.9 Å². The first-order valence-corrected chi connectivity index (χ1v) is 9.41. The number of nitrogens with two attached hydrogens (primary N) is 1. The molecule has 1 aromatic carbocycles. The number of carbonyl (C=O) groups is 2. The van der Waals surface area contributed by atoms with Crippen molar-refractivity contribution in [1.82, 2.24) is 4.90 Å². The highest BCUT2D eigenvalue weighted by Gasteiger charge is 2.27. The van der Waals surface area contributed by atoms with E-state index in [0.717, 1.165) is 24.8 Å². The molecule has 1 heterocycles. The molecular formula is C21H26N2O3. The SMILES string of the molecule is NC(=O)C1CCN(C(=O)c2cccc(C#CC3(O)CCCCC3)c2)CC1. The van der Waals surface area contributed by atoms with Crippen molar-refractivity contribution in [1.29, 1.82) is 0 Å². The van der Waals surface area contributed by atoms with Gasteiger partial charge in [0, 0.05) is 30.1 Å². The maximum Gasteiger partial charge on any atom is 0.253 e. The van der Waals surface area contributed by atoms with Gasteiger partial charge >= 0.3 is 0 Å². The predicted molar refractivity (Wildman–Crippen MR) is 99.2 cm³/mol. The van der Waals surface area contributed by atoms with Crippen LogP contribution in [0.5, 0.6) is 0 Å². The summed E-state index contributed by atoms with van der Waals surface area (Å²) in [6.45, 7) is 1.09. The fourth-order valence-electron chi connectivity index (χ4n) is 3.73. The fraction of sp³-hybridized carbons (Fsp3) is 0.524. The summed E-state index contributed by atoms with van der Waals surface area (Å²) in [6, 6.07) is 7.23. The number of piperidine rings is 1. The number of primary amides is 1. The fourth-order valence-corrected chi connectivity index (χ4v) is 3.73. The molecule has 1 saturated carbocycles. The molecule has 0 bridgehead atoms. The monoisotopic (exact) mass is 354 g/mol. The van der Waals surface area contributed by atoms with Gasteiger partial charge in [0.1, 0.15) is 5.60 Å². The second kappa shape index (κ2) is 7.92. The van der Waals surface area contributed by atoms with Crippen LogP contribution in [0.15, 0.2) is 24.3 Å². The summed E-state index contributed by atoms with van der Waals surface area (Å²) in [4.78, 5) is 25.7. The molecule has 0 atom stereocenters. The zero-order chi connectivity index (χ0) is 18.6. The van der Waals surface area contributed by atoms with Gasteiger partial charge in [-0.05, 0) is 56.7 Å². The quantitative estimate of drug-likeness (QED) is 0.798. The van der Waals surface area contributed by atoms with Gasteiger partial charge in [0.15, 0.2) is 0 Å². The van der Waals surface area contributed by atoms with E-state index in [1.165, 1.54) is 0 Å². The van der Waals surface area contributed by atoms with Crippen molar-refractivity contribution >= 4 is 11.8 Å². The molecule has 5 nitrogen and oxygen atoms in total. The second-order valence-electron chi connectivity index (χ2n) is 7.39. The zero-order valence-electron chi connectivity index (χ0n) is 15.0. The summed E-state index contributed by atoms with van der Waals surface area (Å²) in [5.74, 6) is 5.59. The predicted octanol–water partition coefficient (Wildman–Crippen LogP) is 2.07. The summed E-state index contributed by atoms with van der Waals surface area (Å²) in [5, 5.41) is 10.5. The van der Waals surface area contributed by atoms with Crippen LogP contribution in [0, 0.1) is 17.8 Å². The number of aliphatic hydroxyl groups is 1. The van der Waals surface area contributed by atoms with Crippen molar-refractivity contribution in [3.8, 4) is 11.8 Å². The van der Waals surface area contributed by atoms with Crippen LogP contribution in [0.25, 0.3) is 0 Å². The molecule has 1 saturated heterocycles. The van der Waals surface area contributed by atoms with Crippen molar-refractivity contribution < 1.29 is 14.7 Å². The average molecular weight is 354 g/mol. The highest BCUT2D eigenvalue weighted by molar-refractivity contribution is 5.94. The molecule has 1 aromatic rings. The van der Waals surface area contributed by atoms with Gasteiger partial charge in [-0.15, -0.1) is 0 Å². The Kier molecular flexibility index (Phi) is 5.63.